The largest absolute Gasteiger partial charge is 0.493 e. The number of allylic oxidation sites excluding steroid dienone is 1. The van der Waals surface area contributed by atoms with Crippen molar-refractivity contribution in [3.63, 3.8) is 0 Å². The summed E-state index contributed by atoms with van der Waals surface area (Å²) in [4.78, 5) is 0. The van der Waals surface area contributed by atoms with Crippen LogP contribution in [0.2, 0.25) is 0 Å². The first-order chi connectivity index (χ1) is 9.27. The van der Waals surface area contributed by atoms with Crippen LogP contribution in [0.3, 0.4) is 0 Å². The van der Waals surface area contributed by atoms with Crippen LogP contribution in [-0.4, -0.2) is 13.2 Å². The maximum absolute atomic E-state index is 12.9. The fourth-order valence-corrected chi connectivity index (χ4v) is 1.74. The van der Waals surface area contributed by atoms with Crippen LogP contribution in [0.4, 0.5) is 4.39 Å². The third-order valence-corrected chi connectivity index (χ3v) is 2.87. The Kier molecular flexibility index (Phi) is 7.91. The lowest BCUT2D eigenvalue weighted by atomic mass is 10.1. The molecule has 0 aliphatic rings. The van der Waals surface area contributed by atoms with Crippen molar-refractivity contribution < 1.29 is 9.13 Å². The van der Waals surface area contributed by atoms with E-state index in [9.17, 15) is 4.39 Å². The molecule has 0 spiro atoms. The van der Waals surface area contributed by atoms with Crippen molar-refractivity contribution in [1.82, 2.24) is 0 Å². The van der Waals surface area contributed by atoms with Crippen LogP contribution >= 0.6 is 0 Å². The summed E-state index contributed by atoms with van der Waals surface area (Å²) in [5, 5.41) is 0. The van der Waals surface area contributed by atoms with E-state index in [-0.39, 0.29) is 5.82 Å². The van der Waals surface area contributed by atoms with Gasteiger partial charge >= 0.3 is 0 Å². The number of hydrogen-bond donors (Lipinski definition) is 1. The standard InChI is InChI=1S/C16H24FNO/c1-2-3-4-7-16(19-13-6-5-12-18)14-8-10-15(17)11-9-14/h7-11H,2-6,12-13,18H2,1H3/b16-7-. The fourth-order valence-electron chi connectivity index (χ4n) is 1.74. The molecule has 1 aromatic rings. The number of ether oxygens (including phenoxy) is 1. The molecule has 1 aromatic carbocycles. The van der Waals surface area contributed by atoms with E-state index in [1.54, 1.807) is 12.1 Å². The lowest BCUT2D eigenvalue weighted by molar-refractivity contribution is 0.268. The van der Waals surface area contributed by atoms with Crippen molar-refractivity contribution in [2.24, 2.45) is 5.73 Å². The number of halogens is 1. The quantitative estimate of drug-likeness (QED) is 0.538. The molecular weight excluding hydrogens is 241 g/mol. The van der Waals surface area contributed by atoms with Crippen molar-refractivity contribution in [1.29, 1.82) is 0 Å². The zero-order chi connectivity index (χ0) is 13.9. The highest BCUT2D eigenvalue weighted by Crippen LogP contribution is 2.18. The van der Waals surface area contributed by atoms with E-state index in [4.69, 9.17) is 10.5 Å². The fraction of sp³-hybridized carbons (Fsp3) is 0.500. The molecule has 0 aliphatic heterocycles. The Morgan fingerprint density at radius 1 is 1.21 bits per heavy atom. The molecule has 0 amide bonds. The van der Waals surface area contributed by atoms with Gasteiger partial charge in [-0.1, -0.05) is 13.3 Å². The number of hydrogen-bond acceptors (Lipinski definition) is 2. The van der Waals surface area contributed by atoms with Crippen LogP contribution in [0.1, 0.15) is 44.6 Å². The summed E-state index contributed by atoms with van der Waals surface area (Å²) >= 11 is 0. The van der Waals surface area contributed by atoms with Crippen LogP contribution in [0.15, 0.2) is 30.3 Å². The van der Waals surface area contributed by atoms with Gasteiger partial charge in [-0.25, -0.2) is 4.39 Å². The number of rotatable bonds is 9. The maximum atomic E-state index is 12.9. The molecule has 2 N–H and O–H groups in total. The van der Waals surface area contributed by atoms with E-state index in [0.717, 1.165) is 43.4 Å². The summed E-state index contributed by atoms with van der Waals surface area (Å²) in [6.07, 6.45) is 7.28. The number of unbranched alkanes of at least 4 members (excludes halogenated alkanes) is 3. The van der Waals surface area contributed by atoms with E-state index in [0.29, 0.717) is 13.2 Å². The molecule has 0 radical (unpaired) electrons. The second kappa shape index (κ2) is 9.56. The van der Waals surface area contributed by atoms with Crippen molar-refractivity contribution >= 4 is 5.76 Å². The molecule has 0 saturated heterocycles. The Bertz CT molecular complexity index is 373. The SMILES string of the molecule is CCCC/C=C(\OCCCCN)c1ccc(F)cc1. The zero-order valence-corrected chi connectivity index (χ0v) is 11.7. The molecule has 0 aromatic heterocycles. The Morgan fingerprint density at radius 2 is 1.95 bits per heavy atom. The van der Waals surface area contributed by atoms with E-state index >= 15 is 0 Å². The zero-order valence-electron chi connectivity index (χ0n) is 11.7. The average Bonchev–Trinajstić information content (AvgIpc) is 2.43. The Hall–Kier alpha value is -1.35. The summed E-state index contributed by atoms with van der Waals surface area (Å²) in [6.45, 7) is 3.51. The molecule has 106 valence electrons. The normalized spacial score (nSPS) is 11.6. The summed E-state index contributed by atoms with van der Waals surface area (Å²) in [5.41, 5.74) is 6.39. The minimum absolute atomic E-state index is 0.222. The minimum atomic E-state index is -0.222. The van der Waals surface area contributed by atoms with Gasteiger partial charge in [0, 0.05) is 5.56 Å². The van der Waals surface area contributed by atoms with Gasteiger partial charge in [0.25, 0.3) is 0 Å². The van der Waals surface area contributed by atoms with Gasteiger partial charge < -0.3 is 10.5 Å². The predicted octanol–water partition coefficient (Wildman–Crippen LogP) is 4.11. The molecule has 0 bridgehead atoms. The molecule has 0 fully saturated rings. The molecular formula is C16H24FNO. The summed E-state index contributed by atoms with van der Waals surface area (Å²) in [5.74, 6) is 0.630. The average molecular weight is 265 g/mol. The molecule has 0 unspecified atom stereocenters. The van der Waals surface area contributed by atoms with Crippen LogP contribution in [-0.2, 0) is 4.74 Å². The van der Waals surface area contributed by atoms with E-state index < -0.39 is 0 Å². The lowest BCUT2D eigenvalue weighted by Gasteiger charge is -2.11. The van der Waals surface area contributed by atoms with Crippen LogP contribution in [0.5, 0.6) is 0 Å². The van der Waals surface area contributed by atoms with Gasteiger partial charge in [-0.3, -0.25) is 0 Å². The Labute approximate surface area is 115 Å². The highest BCUT2D eigenvalue weighted by molar-refractivity contribution is 5.59. The molecule has 0 aliphatic carbocycles. The van der Waals surface area contributed by atoms with Crippen molar-refractivity contribution in [3.05, 3.63) is 41.7 Å². The molecule has 19 heavy (non-hydrogen) atoms. The van der Waals surface area contributed by atoms with Crippen molar-refractivity contribution in [2.45, 2.75) is 39.0 Å². The predicted molar refractivity (Wildman–Crippen MR) is 78.1 cm³/mol. The summed E-state index contributed by atoms with van der Waals surface area (Å²) in [6, 6.07) is 6.45. The van der Waals surface area contributed by atoms with E-state index in [1.807, 2.05) is 0 Å². The first-order valence-electron chi connectivity index (χ1n) is 7.07. The van der Waals surface area contributed by atoms with Gasteiger partial charge in [-0.15, -0.1) is 0 Å². The minimum Gasteiger partial charge on any atom is -0.493 e. The first-order valence-corrected chi connectivity index (χ1v) is 7.07. The van der Waals surface area contributed by atoms with E-state index in [2.05, 4.69) is 13.0 Å². The molecule has 1 rings (SSSR count). The molecule has 2 nitrogen and oxygen atoms in total. The first kappa shape index (κ1) is 15.7. The van der Waals surface area contributed by atoms with Gasteiger partial charge in [0.15, 0.2) is 0 Å². The van der Waals surface area contributed by atoms with Crippen molar-refractivity contribution in [2.75, 3.05) is 13.2 Å². The maximum Gasteiger partial charge on any atom is 0.123 e. The van der Waals surface area contributed by atoms with Crippen LogP contribution in [0, 0.1) is 5.82 Å². The van der Waals surface area contributed by atoms with Crippen LogP contribution < -0.4 is 5.73 Å². The second-order valence-electron chi connectivity index (χ2n) is 4.56. The smallest absolute Gasteiger partial charge is 0.123 e. The molecule has 0 atom stereocenters. The molecule has 0 saturated carbocycles. The van der Waals surface area contributed by atoms with Gasteiger partial charge in [0.05, 0.1) is 6.61 Å². The van der Waals surface area contributed by atoms with Crippen molar-refractivity contribution in [3.8, 4) is 0 Å². The van der Waals surface area contributed by atoms with Gasteiger partial charge in [-0.2, -0.15) is 0 Å². The Balaban J connectivity index is 2.62. The van der Waals surface area contributed by atoms with E-state index in [1.165, 1.54) is 12.1 Å². The Morgan fingerprint density at radius 3 is 2.58 bits per heavy atom. The highest BCUT2D eigenvalue weighted by Gasteiger charge is 2.03. The third kappa shape index (κ3) is 6.39. The van der Waals surface area contributed by atoms with Gasteiger partial charge in [0.1, 0.15) is 11.6 Å². The summed E-state index contributed by atoms with van der Waals surface area (Å²) in [7, 11) is 0. The van der Waals surface area contributed by atoms with Crippen LogP contribution in [0.25, 0.3) is 5.76 Å². The lowest BCUT2D eigenvalue weighted by Crippen LogP contribution is -2.02. The number of nitrogens with two attached hydrogens (primary N) is 1. The number of benzene rings is 1. The monoisotopic (exact) mass is 265 g/mol. The topological polar surface area (TPSA) is 35.2 Å². The highest BCUT2D eigenvalue weighted by atomic mass is 19.1. The molecule has 0 heterocycles. The molecule has 3 heteroatoms. The second-order valence-corrected chi connectivity index (χ2v) is 4.56. The summed E-state index contributed by atoms with van der Waals surface area (Å²) < 4.78 is 18.7. The van der Waals surface area contributed by atoms with Gasteiger partial charge in [0.2, 0.25) is 0 Å². The third-order valence-electron chi connectivity index (χ3n) is 2.87. The van der Waals surface area contributed by atoms with Gasteiger partial charge in [-0.05, 0) is 62.6 Å².